The maximum Gasteiger partial charge on any atom is 0.250 e. The van der Waals surface area contributed by atoms with Gasteiger partial charge in [0.1, 0.15) is 11.3 Å². The average Bonchev–Trinajstić information content (AvgIpc) is 3.36. The van der Waals surface area contributed by atoms with E-state index < -0.39 is 17.4 Å². The summed E-state index contributed by atoms with van der Waals surface area (Å²) >= 11 is 6.35. The minimum absolute atomic E-state index is 0.0376. The molecular formula is C24H24ClN3O4. The Kier molecular flexibility index (Phi) is 4.80. The number of rotatable bonds is 4. The maximum absolute atomic E-state index is 13.7. The second-order valence-electron chi connectivity index (χ2n) is 8.95. The molecule has 3 amide bonds. The van der Waals surface area contributed by atoms with Crippen molar-refractivity contribution in [2.45, 2.75) is 32.0 Å². The summed E-state index contributed by atoms with van der Waals surface area (Å²) in [5, 5.41) is 6.67. The number of likely N-dealkylation sites (tertiary alicyclic amines) is 1. The Morgan fingerprint density at radius 1 is 1.09 bits per heavy atom. The number of nitrogens with one attached hydrogen (secondary N) is 2. The first-order valence-electron chi connectivity index (χ1n) is 10.7. The van der Waals surface area contributed by atoms with Gasteiger partial charge in [-0.25, -0.2) is 0 Å². The zero-order chi connectivity index (χ0) is 22.8. The van der Waals surface area contributed by atoms with Crippen LogP contribution in [0, 0.1) is 17.8 Å². The number of halogens is 1. The second kappa shape index (κ2) is 7.32. The Labute approximate surface area is 191 Å². The zero-order valence-corrected chi connectivity index (χ0v) is 18.8. The lowest BCUT2D eigenvalue weighted by Gasteiger charge is -2.30. The topological polar surface area (TPSA) is 87.7 Å². The average molecular weight is 454 g/mol. The monoisotopic (exact) mass is 453 g/mol. The Hall–Kier alpha value is -2.90. The van der Waals surface area contributed by atoms with E-state index in [1.165, 1.54) is 4.90 Å². The van der Waals surface area contributed by atoms with Crippen LogP contribution in [0.25, 0.3) is 0 Å². The number of para-hydroxylation sites is 1. The standard InChI is InChI=1S/C24H24ClN3O4/c1-12(2)19-17-18(24(27-19)15-5-4-6-16(25)20(15)26-23(24)31)22(30)28(21(17)29)11-13-7-9-14(32-3)10-8-13/h4-10,12,17-19,27H,11H2,1-3H3,(H,26,31)/t17-,18+,19-,24+/m1/s1. The highest BCUT2D eigenvalue weighted by molar-refractivity contribution is 6.35. The number of benzene rings is 2. The minimum atomic E-state index is -1.32. The molecule has 5 rings (SSSR count). The SMILES string of the molecule is COc1ccc(CN2C(=O)[C@H]3[C@@H](C(C)C)N[C@]4(C(=O)Nc5c(Cl)cccc54)[C@@H]3C2=O)cc1. The first-order chi connectivity index (χ1) is 15.3. The molecule has 8 heteroatoms. The van der Waals surface area contributed by atoms with Gasteiger partial charge in [-0.05, 0) is 29.7 Å². The largest absolute Gasteiger partial charge is 0.497 e. The van der Waals surface area contributed by atoms with Gasteiger partial charge in [-0.1, -0.05) is 49.7 Å². The molecule has 3 aliphatic rings. The molecule has 3 aliphatic heterocycles. The number of fused-ring (bicyclic) bond motifs is 4. The van der Waals surface area contributed by atoms with Crippen molar-refractivity contribution < 1.29 is 19.1 Å². The molecular weight excluding hydrogens is 430 g/mol. The molecule has 2 fully saturated rings. The van der Waals surface area contributed by atoms with E-state index in [-0.39, 0.29) is 36.2 Å². The maximum atomic E-state index is 13.7. The van der Waals surface area contributed by atoms with Crippen LogP contribution in [0.3, 0.4) is 0 Å². The van der Waals surface area contributed by atoms with Crippen molar-refractivity contribution in [3.8, 4) is 5.75 Å². The lowest BCUT2D eigenvalue weighted by Crippen LogP contribution is -2.53. The molecule has 32 heavy (non-hydrogen) atoms. The predicted octanol–water partition coefficient (Wildman–Crippen LogP) is 2.93. The number of amides is 3. The van der Waals surface area contributed by atoms with Crippen molar-refractivity contribution in [3.05, 3.63) is 58.6 Å². The molecule has 0 aliphatic carbocycles. The Morgan fingerprint density at radius 2 is 1.81 bits per heavy atom. The van der Waals surface area contributed by atoms with Gasteiger partial charge < -0.3 is 10.1 Å². The van der Waals surface area contributed by atoms with E-state index >= 15 is 0 Å². The van der Waals surface area contributed by atoms with E-state index in [0.29, 0.717) is 22.0 Å². The van der Waals surface area contributed by atoms with Crippen molar-refractivity contribution >= 4 is 35.0 Å². The van der Waals surface area contributed by atoms with Gasteiger partial charge in [-0.15, -0.1) is 0 Å². The van der Waals surface area contributed by atoms with Gasteiger partial charge >= 0.3 is 0 Å². The Balaban J connectivity index is 1.58. The molecule has 0 saturated carbocycles. The number of methoxy groups -OCH3 is 1. The van der Waals surface area contributed by atoms with Crippen LogP contribution < -0.4 is 15.4 Å². The van der Waals surface area contributed by atoms with Crippen molar-refractivity contribution in [2.24, 2.45) is 17.8 Å². The number of ether oxygens (including phenoxy) is 1. The minimum Gasteiger partial charge on any atom is -0.497 e. The van der Waals surface area contributed by atoms with Crippen molar-refractivity contribution in [1.82, 2.24) is 10.2 Å². The smallest absolute Gasteiger partial charge is 0.250 e. The lowest BCUT2D eigenvalue weighted by molar-refractivity contribution is -0.143. The highest BCUT2D eigenvalue weighted by Crippen LogP contribution is 2.55. The third-order valence-electron chi connectivity index (χ3n) is 6.94. The number of hydrogen-bond donors (Lipinski definition) is 2. The molecule has 2 saturated heterocycles. The summed E-state index contributed by atoms with van der Waals surface area (Å²) in [6, 6.07) is 12.2. The summed E-state index contributed by atoms with van der Waals surface area (Å²) in [6.45, 7) is 4.13. The highest BCUT2D eigenvalue weighted by atomic mass is 35.5. The summed E-state index contributed by atoms with van der Waals surface area (Å²) in [5.41, 5.74) is 0.625. The van der Waals surface area contributed by atoms with Gasteiger partial charge in [0.05, 0.1) is 36.2 Å². The van der Waals surface area contributed by atoms with Crippen LogP contribution in [0.4, 0.5) is 5.69 Å². The van der Waals surface area contributed by atoms with Gasteiger partial charge in [-0.3, -0.25) is 24.6 Å². The van der Waals surface area contributed by atoms with Crippen LogP contribution >= 0.6 is 11.6 Å². The second-order valence-corrected chi connectivity index (χ2v) is 9.36. The van der Waals surface area contributed by atoms with Crippen LogP contribution in [-0.2, 0) is 26.5 Å². The molecule has 1 spiro atoms. The van der Waals surface area contributed by atoms with E-state index in [4.69, 9.17) is 16.3 Å². The van der Waals surface area contributed by atoms with Crippen LogP contribution in [0.5, 0.6) is 5.75 Å². The van der Waals surface area contributed by atoms with Gasteiger partial charge in [0.15, 0.2) is 0 Å². The van der Waals surface area contributed by atoms with E-state index in [1.807, 2.05) is 26.0 Å². The number of imide groups is 1. The molecule has 2 aromatic carbocycles. The molecule has 3 heterocycles. The van der Waals surface area contributed by atoms with E-state index in [1.54, 1.807) is 37.4 Å². The van der Waals surface area contributed by atoms with E-state index in [0.717, 1.165) is 5.56 Å². The first kappa shape index (κ1) is 21.0. The summed E-state index contributed by atoms with van der Waals surface area (Å²) in [4.78, 5) is 41.9. The van der Waals surface area contributed by atoms with E-state index in [9.17, 15) is 14.4 Å². The van der Waals surface area contributed by atoms with E-state index in [2.05, 4.69) is 10.6 Å². The number of carbonyl (C=O) groups excluding carboxylic acids is 3. The van der Waals surface area contributed by atoms with Crippen molar-refractivity contribution in [2.75, 3.05) is 12.4 Å². The number of carbonyl (C=O) groups is 3. The van der Waals surface area contributed by atoms with Crippen LogP contribution in [0.15, 0.2) is 42.5 Å². The van der Waals surface area contributed by atoms with Gasteiger partial charge in [0.25, 0.3) is 0 Å². The molecule has 0 unspecified atom stereocenters. The van der Waals surface area contributed by atoms with Crippen LogP contribution in [-0.4, -0.2) is 35.8 Å². The molecule has 2 aromatic rings. The van der Waals surface area contributed by atoms with Gasteiger partial charge in [0, 0.05) is 11.6 Å². The number of nitrogens with zero attached hydrogens (tertiary/aromatic N) is 1. The molecule has 0 bridgehead atoms. The lowest BCUT2D eigenvalue weighted by atomic mass is 9.76. The molecule has 0 radical (unpaired) electrons. The number of hydrogen-bond acceptors (Lipinski definition) is 5. The molecule has 166 valence electrons. The third-order valence-corrected chi connectivity index (χ3v) is 7.26. The fourth-order valence-electron chi connectivity index (χ4n) is 5.43. The van der Waals surface area contributed by atoms with Crippen LogP contribution in [0.2, 0.25) is 5.02 Å². The molecule has 0 aromatic heterocycles. The summed E-state index contributed by atoms with van der Waals surface area (Å²) in [7, 11) is 1.58. The summed E-state index contributed by atoms with van der Waals surface area (Å²) < 4.78 is 5.19. The highest BCUT2D eigenvalue weighted by Gasteiger charge is 2.70. The quantitative estimate of drug-likeness (QED) is 0.695. The molecule has 2 N–H and O–H groups in total. The summed E-state index contributed by atoms with van der Waals surface area (Å²) in [5.74, 6) is -1.65. The van der Waals surface area contributed by atoms with Gasteiger partial charge in [-0.2, -0.15) is 0 Å². The predicted molar refractivity (Wildman–Crippen MR) is 119 cm³/mol. The van der Waals surface area contributed by atoms with Crippen LogP contribution in [0.1, 0.15) is 25.0 Å². The number of anilines is 1. The Morgan fingerprint density at radius 3 is 2.47 bits per heavy atom. The van der Waals surface area contributed by atoms with Crippen molar-refractivity contribution in [3.63, 3.8) is 0 Å². The fourth-order valence-corrected chi connectivity index (χ4v) is 5.65. The molecule has 7 nitrogen and oxygen atoms in total. The Bertz CT molecular complexity index is 1130. The van der Waals surface area contributed by atoms with Crippen molar-refractivity contribution in [1.29, 1.82) is 0 Å². The zero-order valence-electron chi connectivity index (χ0n) is 18.0. The molecule has 4 atom stereocenters. The third kappa shape index (κ3) is 2.74. The first-order valence-corrected chi connectivity index (χ1v) is 11.0. The summed E-state index contributed by atoms with van der Waals surface area (Å²) in [6.07, 6.45) is 0. The fraction of sp³-hybridized carbons (Fsp3) is 0.375. The normalized spacial score (nSPS) is 28.5. The van der Waals surface area contributed by atoms with Gasteiger partial charge in [0.2, 0.25) is 17.7 Å².